The smallest absolute Gasteiger partial charge is 0.216 e. The summed E-state index contributed by atoms with van der Waals surface area (Å²) in [5.41, 5.74) is 0. The molecule has 1 N–H and O–H groups in total. The van der Waals surface area contributed by atoms with Crippen molar-refractivity contribution in [1.82, 2.24) is 5.32 Å². The van der Waals surface area contributed by atoms with Crippen molar-refractivity contribution in [3.05, 3.63) is 0 Å². The molecule has 0 heterocycles. The van der Waals surface area contributed by atoms with Gasteiger partial charge in [-0.25, -0.2) is 0 Å². The van der Waals surface area contributed by atoms with E-state index < -0.39 is 5.97 Å². The Labute approximate surface area is 90.7 Å². The quantitative estimate of drug-likeness (QED) is 0.426. The van der Waals surface area contributed by atoms with Crippen LogP contribution in [0.3, 0.4) is 0 Å². The molecular weight excluding hydrogens is 196 g/mol. The highest BCUT2D eigenvalue weighted by Crippen LogP contribution is 2.00. The van der Waals surface area contributed by atoms with Crippen molar-refractivity contribution in [2.24, 2.45) is 0 Å². The number of nitrogens with zero attached hydrogens (tertiary/aromatic N) is 1. The minimum atomic E-state index is -1.01. The van der Waals surface area contributed by atoms with Gasteiger partial charge in [0.1, 0.15) is 0 Å². The lowest BCUT2D eigenvalue weighted by atomic mass is 10.3. The number of hydrogen-bond donors (Lipinski definition) is 1. The van der Waals surface area contributed by atoms with Gasteiger partial charge in [0.25, 0.3) is 0 Å². The van der Waals surface area contributed by atoms with E-state index in [1.54, 1.807) is 0 Å². The predicted molar refractivity (Wildman–Crippen MR) is 54.8 cm³/mol. The number of aliphatic carboxylic acids is 1. The first-order valence-electron chi connectivity index (χ1n) is 5.10. The van der Waals surface area contributed by atoms with E-state index in [2.05, 4.69) is 5.32 Å². The highest BCUT2D eigenvalue weighted by molar-refractivity contribution is 5.72. The zero-order chi connectivity index (χ0) is 11.9. The summed E-state index contributed by atoms with van der Waals surface area (Å²) in [5, 5.41) is 13.0. The molecule has 0 spiro atoms. The lowest BCUT2D eigenvalue weighted by Crippen LogP contribution is -2.44. The number of quaternary nitrogens is 1. The molecular formula is C10H20N2O3. The lowest BCUT2D eigenvalue weighted by molar-refractivity contribution is -0.890. The normalized spacial score (nSPS) is 11.1. The van der Waals surface area contributed by atoms with Gasteiger partial charge in [0.15, 0.2) is 0 Å². The molecule has 0 saturated carbocycles. The van der Waals surface area contributed by atoms with Crippen molar-refractivity contribution < 1.29 is 19.2 Å². The third kappa shape index (κ3) is 9.21. The van der Waals surface area contributed by atoms with Crippen LogP contribution in [0.1, 0.15) is 19.8 Å². The summed E-state index contributed by atoms with van der Waals surface area (Å²) in [4.78, 5) is 20.9. The number of carbonyl (C=O) groups is 2. The van der Waals surface area contributed by atoms with Gasteiger partial charge in [0.2, 0.25) is 5.91 Å². The number of rotatable bonds is 7. The molecule has 88 valence electrons. The molecule has 0 radical (unpaired) electrons. The number of carboxylic acids is 1. The molecule has 0 aliphatic rings. The van der Waals surface area contributed by atoms with Gasteiger partial charge in [-0.2, -0.15) is 0 Å². The fourth-order valence-electron chi connectivity index (χ4n) is 1.28. The number of carbonyl (C=O) groups excluding carboxylic acids is 2. The van der Waals surface area contributed by atoms with Gasteiger partial charge in [-0.05, 0) is 0 Å². The maximum atomic E-state index is 10.6. The minimum absolute atomic E-state index is 0.0324. The number of nitrogens with one attached hydrogen (secondary N) is 1. The third-order valence-corrected chi connectivity index (χ3v) is 2.24. The van der Waals surface area contributed by atoms with Crippen LogP contribution in [0.25, 0.3) is 0 Å². The number of hydrogen-bond acceptors (Lipinski definition) is 3. The molecule has 0 fully saturated rings. The molecule has 0 aromatic carbocycles. The largest absolute Gasteiger partial charge is 0.550 e. The Morgan fingerprint density at radius 1 is 1.27 bits per heavy atom. The summed E-state index contributed by atoms with van der Waals surface area (Å²) in [6.45, 7) is 3.52. The maximum absolute atomic E-state index is 10.6. The standard InChI is InChI=1S/C10H20N2O3/c1-9(13)11-6-4-7-12(2,3)8-5-10(14)15/h4-8H2,1-3H3,(H-,11,13,14,15). The van der Waals surface area contributed by atoms with Crippen LogP contribution in [0.15, 0.2) is 0 Å². The van der Waals surface area contributed by atoms with E-state index in [4.69, 9.17) is 0 Å². The molecule has 0 aliphatic heterocycles. The first kappa shape index (κ1) is 13.9. The Balaban J connectivity index is 3.64. The molecule has 0 unspecified atom stereocenters. The van der Waals surface area contributed by atoms with E-state index in [-0.39, 0.29) is 12.3 Å². The lowest BCUT2D eigenvalue weighted by Gasteiger charge is -2.30. The summed E-state index contributed by atoms with van der Waals surface area (Å²) in [7, 11) is 3.94. The van der Waals surface area contributed by atoms with Crippen molar-refractivity contribution >= 4 is 11.9 Å². The van der Waals surface area contributed by atoms with Gasteiger partial charge in [0.05, 0.1) is 27.2 Å². The summed E-state index contributed by atoms with van der Waals surface area (Å²) >= 11 is 0. The Morgan fingerprint density at radius 3 is 2.33 bits per heavy atom. The van der Waals surface area contributed by atoms with E-state index in [0.29, 0.717) is 17.6 Å². The summed E-state index contributed by atoms with van der Waals surface area (Å²) in [5.74, 6) is -1.04. The van der Waals surface area contributed by atoms with Crippen molar-refractivity contribution in [2.75, 3.05) is 33.7 Å². The third-order valence-electron chi connectivity index (χ3n) is 2.24. The van der Waals surface area contributed by atoms with Crippen LogP contribution in [0.2, 0.25) is 0 Å². The molecule has 0 rings (SSSR count). The maximum Gasteiger partial charge on any atom is 0.216 e. The Bertz CT molecular complexity index is 227. The molecule has 1 amide bonds. The fourth-order valence-corrected chi connectivity index (χ4v) is 1.28. The average molecular weight is 216 g/mol. The molecule has 15 heavy (non-hydrogen) atoms. The van der Waals surface area contributed by atoms with Crippen LogP contribution in [0, 0.1) is 0 Å². The first-order valence-corrected chi connectivity index (χ1v) is 5.10. The van der Waals surface area contributed by atoms with Crippen LogP contribution in [-0.2, 0) is 9.59 Å². The van der Waals surface area contributed by atoms with Crippen LogP contribution >= 0.6 is 0 Å². The molecule has 0 aliphatic carbocycles. The monoisotopic (exact) mass is 216 g/mol. The number of carboxylic acid groups (broad SMARTS) is 1. The second-order valence-electron chi connectivity index (χ2n) is 4.34. The summed E-state index contributed by atoms with van der Waals surface area (Å²) in [6, 6.07) is 0. The first-order chi connectivity index (χ1) is 6.83. The molecule has 5 nitrogen and oxygen atoms in total. The SMILES string of the molecule is CC(=O)NCCC[N+](C)(C)CCC(=O)[O-]. The van der Waals surface area contributed by atoms with Gasteiger partial charge in [-0.15, -0.1) is 0 Å². The summed E-state index contributed by atoms with van der Waals surface area (Å²) < 4.78 is 0.633. The van der Waals surface area contributed by atoms with E-state index in [0.717, 1.165) is 13.0 Å². The van der Waals surface area contributed by atoms with Crippen LogP contribution in [0.4, 0.5) is 0 Å². The second kappa shape index (κ2) is 6.40. The Morgan fingerprint density at radius 2 is 1.87 bits per heavy atom. The topological polar surface area (TPSA) is 69.2 Å². The van der Waals surface area contributed by atoms with Gasteiger partial charge in [-0.1, -0.05) is 0 Å². The van der Waals surface area contributed by atoms with Crippen molar-refractivity contribution in [3.63, 3.8) is 0 Å². The average Bonchev–Trinajstić information content (AvgIpc) is 2.09. The van der Waals surface area contributed by atoms with E-state index >= 15 is 0 Å². The molecule has 0 aromatic rings. The Kier molecular flexibility index (Phi) is 5.93. The Hall–Kier alpha value is -1.10. The van der Waals surface area contributed by atoms with E-state index in [9.17, 15) is 14.7 Å². The molecule has 0 bridgehead atoms. The van der Waals surface area contributed by atoms with Crippen LogP contribution in [-0.4, -0.2) is 50.1 Å². The van der Waals surface area contributed by atoms with Gasteiger partial charge < -0.3 is 19.7 Å². The minimum Gasteiger partial charge on any atom is -0.550 e. The molecule has 5 heteroatoms. The van der Waals surface area contributed by atoms with Crippen LogP contribution < -0.4 is 10.4 Å². The van der Waals surface area contributed by atoms with Crippen LogP contribution in [0.5, 0.6) is 0 Å². The zero-order valence-corrected chi connectivity index (χ0v) is 9.71. The van der Waals surface area contributed by atoms with E-state index in [1.165, 1.54) is 6.92 Å². The fraction of sp³-hybridized carbons (Fsp3) is 0.800. The second-order valence-corrected chi connectivity index (χ2v) is 4.34. The number of amides is 1. The molecule has 0 aromatic heterocycles. The van der Waals surface area contributed by atoms with Crippen molar-refractivity contribution in [2.45, 2.75) is 19.8 Å². The van der Waals surface area contributed by atoms with Gasteiger partial charge in [0, 0.05) is 32.3 Å². The van der Waals surface area contributed by atoms with Gasteiger partial charge >= 0.3 is 0 Å². The van der Waals surface area contributed by atoms with Crippen molar-refractivity contribution in [1.29, 1.82) is 0 Å². The molecule has 0 atom stereocenters. The predicted octanol–water partition coefficient (Wildman–Crippen LogP) is -1.27. The summed E-state index contributed by atoms with van der Waals surface area (Å²) in [6.07, 6.45) is 0.923. The highest BCUT2D eigenvalue weighted by atomic mass is 16.4. The highest BCUT2D eigenvalue weighted by Gasteiger charge is 2.13. The van der Waals surface area contributed by atoms with Gasteiger partial charge in [-0.3, -0.25) is 4.79 Å². The van der Waals surface area contributed by atoms with Crippen molar-refractivity contribution in [3.8, 4) is 0 Å². The zero-order valence-electron chi connectivity index (χ0n) is 9.71. The van der Waals surface area contributed by atoms with E-state index in [1.807, 2.05) is 14.1 Å². The molecule has 0 saturated heterocycles.